The summed E-state index contributed by atoms with van der Waals surface area (Å²) in [5.74, 6) is -1.40. The van der Waals surface area contributed by atoms with Gasteiger partial charge >= 0.3 is 6.03 Å². The van der Waals surface area contributed by atoms with Crippen LogP contribution >= 0.6 is 0 Å². The Labute approximate surface area is 275 Å². The molecule has 11 nitrogen and oxygen atoms in total. The first kappa shape index (κ1) is 38.9. The van der Waals surface area contributed by atoms with Crippen LogP contribution in [0.2, 0.25) is 0 Å². The molecular weight excluding hydrogens is 586 g/mol. The number of carbonyl (C=O) groups is 6. The number of ketones is 2. The van der Waals surface area contributed by atoms with E-state index >= 15 is 0 Å². The van der Waals surface area contributed by atoms with Crippen LogP contribution in [0.5, 0.6) is 0 Å². The number of amides is 5. The van der Waals surface area contributed by atoms with E-state index in [9.17, 15) is 28.8 Å². The lowest BCUT2D eigenvalue weighted by molar-refractivity contribution is -0.143. The number of hydrogen-bond acceptors (Lipinski definition) is 6. The first-order valence-corrected chi connectivity index (χ1v) is 17.0. The van der Waals surface area contributed by atoms with Crippen molar-refractivity contribution in [2.75, 3.05) is 13.1 Å². The Morgan fingerprint density at radius 2 is 1.50 bits per heavy atom. The quantitative estimate of drug-likeness (QED) is 0.195. The minimum atomic E-state index is -1.08. The third-order valence-corrected chi connectivity index (χ3v) is 9.00. The number of hydrogen-bond donors (Lipinski definition) is 4. The standard InChI is InChI=1S/C31H51N5O6.C4H8/c1-9-17-32-26(40)23(38)20(2)33-25(39)21-14-13-18-36(21)27(41)24(30(6,7)8)34-28(42)35-31(15-11-10-12-16-31)19-22(37)29(3,4)5;1-4-2-3-4/h9,20-21,24H,1,10-19H2,2-8H3,(H,32,40)(H,33,39)(H2,34,35,42);4H,2-3H2,1H3/t20?,21-,24?;/m0./s1. The molecule has 3 rings (SSSR count). The average molecular weight is 646 g/mol. The van der Waals surface area contributed by atoms with Gasteiger partial charge < -0.3 is 26.2 Å². The topological polar surface area (TPSA) is 154 Å². The fraction of sp³-hybridized carbons (Fsp3) is 0.771. The van der Waals surface area contributed by atoms with E-state index in [2.05, 4.69) is 34.8 Å². The Morgan fingerprint density at radius 1 is 0.913 bits per heavy atom. The molecule has 0 bridgehead atoms. The van der Waals surface area contributed by atoms with Gasteiger partial charge in [-0.05, 0) is 43.9 Å². The van der Waals surface area contributed by atoms with Crippen molar-refractivity contribution in [3.05, 3.63) is 12.7 Å². The lowest BCUT2D eigenvalue weighted by Crippen LogP contribution is -2.62. The lowest BCUT2D eigenvalue weighted by Gasteiger charge is -2.41. The van der Waals surface area contributed by atoms with Crippen LogP contribution in [0.25, 0.3) is 0 Å². The van der Waals surface area contributed by atoms with Crippen LogP contribution in [-0.4, -0.2) is 77.0 Å². The summed E-state index contributed by atoms with van der Waals surface area (Å²) in [6, 6.07) is -3.39. The third-order valence-electron chi connectivity index (χ3n) is 9.00. The second-order valence-electron chi connectivity index (χ2n) is 15.6. The van der Waals surface area contributed by atoms with Crippen LogP contribution in [0.15, 0.2) is 12.7 Å². The molecule has 2 unspecified atom stereocenters. The second-order valence-corrected chi connectivity index (χ2v) is 15.6. The van der Waals surface area contributed by atoms with Crippen LogP contribution in [0.4, 0.5) is 4.79 Å². The highest BCUT2D eigenvalue weighted by Crippen LogP contribution is 2.34. The van der Waals surface area contributed by atoms with E-state index in [4.69, 9.17) is 0 Å². The summed E-state index contributed by atoms with van der Waals surface area (Å²) in [7, 11) is 0. The van der Waals surface area contributed by atoms with Gasteiger partial charge in [0.2, 0.25) is 17.6 Å². The van der Waals surface area contributed by atoms with Gasteiger partial charge in [0.15, 0.2) is 0 Å². The Hall–Kier alpha value is -3.24. The van der Waals surface area contributed by atoms with Crippen molar-refractivity contribution < 1.29 is 28.8 Å². The minimum Gasteiger partial charge on any atom is -0.346 e. The van der Waals surface area contributed by atoms with Gasteiger partial charge in [0.1, 0.15) is 17.9 Å². The molecule has 1 aliphatic heterocycles. The van der Waals surface area contributed by atoms with Crippen LogP contribution in [0.1, 0.15) is 120 Å². The zero-order valence-corrected chi connectivity index (χ0v) is 29.5. The number of rotatable bonds is 11. The van der Waals surface area contributed by atoms with Crippen LogP contribution in [-0.2, 0) is 24.0 Å². The maximum atomic E-state index is 13.9. The smallest absolute Gasteiger partial charge is 0.315 e. The van der Waals surface area contributed by atoms with Gasteiger partial charge in [-0.2, -0.15) is 0 Å². The highest BCUT2D eigenvalue weighted by molar-refractivity contribution is 6.38. The molecule has 46 heavy (non-hydrogen) atoms. The Morgan fingerprint density at radius 3 is 2.00 bits per heavy atom. The highest BCUT2D eigenvalue weighted by atomic mass is 16.2. The molecule has 1 saturated heterocycles. The van der Waals surface area contributed by atoms with Gasteiger partial charge in [-0.25, -0.2) is 4.79 Å². The summed E-state index contributed by atoms with van der Waals surface area (Å²) in [6.45, 7) is 18.8. The Bertz CT molecular complexity index is 1130. The highest BCUT2D eigenvalue weighted by Gasteiger charge is 2.44. The van der Waals surface area contributed by atoms with Crippen molar-refractivity contribution >= 4 is 35.3 Å². The Balaban J connectivity index is 0.00000170. The van der Waals surface area contributed by atoms with Crippen LogP contribution in [0, 0.1) is 16.7 Å². The van der Waals surface area contributed by atoms with E-state index in [-0.39, 0.29) is 18.7 Å². The van der Waals surface area contributed by atoms with E-state index in [1.54, 1.807) is 0 Å². The van der Waals surface area contributed by atoms with E-state index in [1.165, 1.54) is 30.7 Å². The molecule has 2 aliphatic carbocycles. The number of urea groups is 1. The summed E-state index contributed by atoms with van der Waals surface area (Å²) < 4.78 is 0. The molecule has 0 spiro atoms. The summed E-state index contributed by atoms with van der Waals surface area (Å²) in [6.07, 6.45) is 9.84. The summed E-state index contributed by atoms with van der Waals surface area (Å²) in [4.78, 5) is 79.3. The van der Waals surface area contributed by atoms with Gasteiger partial charge in [0.25, 0.3) is 5.91 Å². The van der Waals surface area contributed by atoms with Crippen molar-refractivity contribution in [1.82, 2.24) is 26.2 Å². The molecule has 3 aliphatic rings. The number of nitrogens with zero attached hydrogens (tertiary/aromatic N) is 1. The largest absolute Gasteiger partial charge is 0.346 e. The average Bonchev–Trinajstić information content (AvgIpc) is 3.58. The minimum absolute atomic E-state index is 0.0740. The molecule has 0 aromatic heterocycles. The number of carbonyl (C=O) groups excluding carboxylic acids is 6. The molecule has 11 heteroatoms. The van der Waals surface area contributed by atoms with Crippen molar-refractivity contribution in [3.63, 3.8) is 0 Å². The van der Waals surface area contributed by atoms with Crippen LogP contribution < -0.4 is 21.3 Å². The summed E-state index contributed by atoms with van der Waals surface area (Å²) >= 11 is 0. The van der Waals surface area contributed by atoms with E-state index in [1.807, 2.05) is 41.5 Å². The van der Waals surface area contributed by atoms with Crippen molar-refractivity contribution in [1.29, 1.82) is 0 Å². The number of Topliss-reactive ketones (excluding diaryl/α,β-unsaturated/α-hetero) is 2. The number of nitrogens with one attached hydrogen (secondary N) is 4. The van der Waals surface area contributed by atoms with Gasteiger partial charge in [-0.3, -0.25) is 24.0 Å². The predicted molar refractivity (Wildman–Crippen MR) is 179 cm³/mol. The fourth-order valence-corrected chi connectivity index (χ4v) is 5.66. The molecule has 0 aromatic carbocycles. The zero-order valence-electron chi connectivity index (χ0n) is 29.5. The molecule has 4 N–H and O–H groups in total. The van der Waals surface area contributed by atoms with Gasteiger partial charge in [-0.15, -0.1) is 6.58 Å². The summed E-state index contributed by atoms with van der Waals surface area (Å²) in [5, 5.41) is 10.9. The predicted octanol–water partition coefficient (Wildman–Crippen LogP) is 4.19. The molecule has 5 amide bonds. The van der Waals surface area contributed by atoms with Gasteiger partial charge in [0.05, 0.1) is 6.04 Å². The lowest BCUT2D eigenvalue weighted by atomic mass is 9.74. The molecule has 2 saturated carbocycles. The SMILES string of the molecule is C=CCNC(=O)C(=O)C(C)NC(=O)[C@@H]1CCCN1C(=O)C(NC(=O)NC1(CC(=O)C(C)(C)C)CCCCC1)C(C)(C)C.CC1CC1. The first-order valence-electron chi connectivity index (χ1n) is 17.0. The summed E-state index contributed by atoms with van der Waals surface area (Å²) in [5.41, 5.74) is -1.89. The molecular formula is C35H59N5O6. The molecule has 1 heterocycles. The number of likely N-dealkylation sites (tertiary alicyclic amines) is 1. The first-order chi connectivity index (χ1) is 21.3. The monoisotopic (exact) mass is 645 g/mol. The van der Waals surface area contributed by atoms with E-state index < -0.39 is 64.0 Å². The molecule has 3 fully saturated rings. The maximum Gasteiger partial charge on any atom is 0.315 e. The van der Waals surface area contributed by atoms with E-state index in [0.717, 1.165) is 25.2 Å². The van der Waals surface area contributed by atoms with Crippen molar-refractivity contribution in [3.8, 4) is 0 Å². The molecule has 0 aromatic rings. The molecule has 260 valence electrons. The normalized spacial score (nSPS) is 20.6. The third kappa shape index (κ3) is 11.8. The maximum absolute atomic E-state index is 13.9. The van der Waals surface area contributed by atoms with Crippen molar-refractivity contribution in [2.24, 2.45) is 16.7 Å². The zero-order chi connectivity index (χ0) is 34.9. The van der Waals surface area contributed by atoms with Crippen LogP contribution in [0.3, 0.4) is 0 Å². The van der Waals surface area contributed by atoms with E-state index in [0.29, 0.717) is 32.2 Å². The molecule has 0 radical (unpaired) electrons. The van der Waals surface area contributed by atoms with Gasteiger partial charge in [0, 0.05) is 30.5 Å². The second kappa shape index (κ2) is 16.5. The van der Waals surface area contributed by atoms with Crippen molar-refractivity contribution in [2.45, 2.75) is 143 Å². The van der Waals surface area contributed by atoms with Gasteiger partial charge in [-0.1, -0.05) is 86.6 Å². The Kier molecular flexibility index (Phi) is 14.0. The fourth-order valence-electron chi connectivity index (χ4n) is 5.66. The molecule has 3 atom stereocenters.